The molecule has 1 aliphatic carbocycles. The van der Waals surface area contributed by atoms with Crippen molar-refractivity contribution in [1.82, 2.24) is 9.88 Å². The summed E-state index contributed by atoms with van der Waals surface area (Å²) in [6.07, 6.45) is 7.48. The van der Waals surface area contributed by atoms with Crippen LogP contribution in [0, 0.1) is 5.92 Å². The number of para-hydroxylation sites is 1. The number of aromatic nitrogens is 1. The minimum Gasteiger partial charge on any atom is -0.334 e. The van der Waals surface area contributed by atoms with Crippen molar-refractivity contribution in [2.75, 3.05) is 6.54 Å². The average molecular weight is 294 g/mol. The molecular formula is C19H22N2O. The quantitative estimate of drug-likeness (QED) is 0.795. The van der Waals surface area contributed by atoms with Crippen LogP contribution in [0.1, 0.15) is 49.0 Å². The molecule has 0 unspecified atom stereocenters. The number of likely N-dealkylation sites (tertiary alicyclic amines) is 1. The van der Waals surface area contributed by atoms with E-state index >= 15 is 0 Å². The molecule has 0 spiro atoms. The highest BCUT2D eigenvalue weighted by atomic mass is 16.2. The summed E-state index contributed by atoms with van der Waals surface area (Å²) >= 11 is 0. The predicted molar refractivity (Wildman–Crippen MR) is 87.8 cm³/mol. The number of carbonyl (C=O) groups is 1. The molecule has 1 aliphatic heterocycles. The third-order valence-electron chi connectivity index (χ3n) is 5.32. The Morgan fingerprint density at radius 1 is 1.00 bits per heavy atom. The molecule has 114 valence electrons. The van der Waals surface area contributed by atoms with Gasteiger partial charge in [0.05, 0.1) is 5.52 Å². The maximum Gasteiger partial charge on any atom is 0.272 e. The van der Waals surface area contributed by atoms with E-state index in [9.17, 15) is 4.79 Å². The van der Waals surface area contributed by atoms with Crippen LogP contribution < -0.4 is 0 Å². The molecule has 2 aliphatic rings. The number of carbonyl (C=O) groups excluding carboxylic acids is 1. The molecule has 3 heteroatoms. The lowest BCUT2D eigenvalue weighted by Gasteiger charge is -2.44. The van der Waals surface area contributed by atoms with Gasteiger partial charge in [0, 0.05) is 18.0 Å². The van der Waals surface area contributed by atoms with Crippen molar-refractivity contribution in [3.05, 3.63) is 42.1 Å². The van der Waals surface area contributed by atoms with Crippen LogP contribution in [0.3, 0.4) is 0 Å². The minimum atomic E-state index is 0.127. The normalized spacial score (nSPS) is 25.0. The lowest BCUT2D eigenvalue weighted by Crippen LogP contribution is -2.49. The molecule has 1 aromatic heterocycles. The first-order chi connectivity index (χ1) is 10.8. The summed E-state index contributed by atoms with van der Waals surface area (Å²) < 4.78 is 0. The summed E-state index contributed by atoms with van der Waals surface area (Å²) in [5.74, 6) is 0.842. The first kappa shape index (κ1) is 13.7. The van der Waals surface area contributed by atoms with E-state index in [1.165, 1.54) is 32.1 Å². The fourth-order valence-electron chi connectivity index (χ4n) is 4.21. The molecule has 1 aromatic carbocycles. The van der Waals surface area contributed by atoms with Crippen molar-refractivity contribution in [3.63, 3.8) is 0 Å². The summed E-state index contributed by atoms with van der Waals surface area (Å²) in [5, 5.41) is 1.09. The first-order valence-corrected chi connectivity index (χ1v) is 8.50. The van der Waals surface area contributed by atoms with E-state index < -0.39 is 0 Å². The fourth-order valence-corrected chi connectivity index (χ4v) is 4.21. The maximum atomic E-state index is 13.0. The molecule has 0 radical (unpaired) electrons. The largest absolute Gasteiger partial charge is 0.334 e. The average Bonchev–Trinajstić information content (AvgIpc) is 2.60. The van der Waals surface area contributed by atoms with Crippen molar-refractivity contribution in [1.29, 1.82) is 0 Å². The van der Waals surface area contributed by atoms with Gasteiger partial charge < -0.3 is 4.90 Å². The number of rotatable bonds is 1. The third-order valence-corrected chi connectivity index (χ3v) is 5.32. The Bertz CT molecular complexity index is 695. The van der Waals surface area contributed by atoms with Gasteiger partial charge in [-0.25, -0.2) is 4.98 Å². The first-order valence-electron chi connectivity index (χ1n) is 8.50. The molecule has 0 N–H and O–H groups in total. The van der Waals surface area contributed by atoms with E-state index in [1.807, 2.05) is 36.4 Å². The minimum absolute atomic E-state index is 0.127. The number of benzene rings is 1. The number of pyridine rings is 1. The second-order valence-corrected chi connectivity index (χ2v) is 6.64. The van der Waals surface area contributed by atoms with Crippen LogP contribution in [-0.2, 0) is 0 Å². The Morgan fingerprint density at radius 2 is 1.82 bits per heavy atom. The number of hydrogen-bond donors (Lipinski definition) is 0. The van der Waals surface area contributed by atoms with Crippen molar-refractivity contribution in [3.8, 4) is 0 Å². The standard InChI is InChI=1S/C19H22N2O/c22-19(17-12-11-14-6-1-3-9-16(14)20-17)21-13-5-8-15-7-2-4-10-18(15)21/h1,3,6,9,11-12,15,18H,2,4-5,7-8,10,13H2/t15-,18+/m0/s1. The van der Waals surface area contributed by atoms with Gasteiger partial charge in [-0.05, 0) is 43.7 Å². The Hall–Kier alpha value is -1.90. The molecule has 4 rings (SSSR count). The van der Waals surface area contributed by atoms with Gasteiger partial charge in [0.15, 0.2) is 0 Å². The van der Waals surface area contributed by atoms with E-state index in [2.05, 4.69) is 9.88 Å². The number of hydrogen-bond acceptors (Lipinski definition) is 2. The number of amides is 1. The molecule has 2 heterocycles. The maximum absolute atomic E-state index is 13.0. The summed E-state index contributed by atoms with van der Waals surface area (Å²) in [4.78, 5) is 19.7. The SMILES string of the molecule is O=C(c1ccc2ccccc2n1)N1CCC[C@@H]2CCCC[C@H]21. The van der Waals surface area contributed by atoms with Crippen LogP contribution in [-0.4, -0.2) is 28.4 Å². The van der Waals surface area contributed by atoms with E-state index in [4.69, 9.17) is 0 Å². The Kier molecular flexibility index (Phi) is 3.57. The van der Waals surface area contributed by atoms with Gasteiger partial charge in [-0.2, -0.15) is 0 Å². The molecule has 1 saturated carbocycles. The van der Waals surface area contributed by atoms with Crippen molar-refractivity contribution < 1.29 is 4.79 Å². The van der Waals surface area contributed by atoms with Crippen LogP contribution in [0.5, 0.6) is 0 Å². The zero-order chi connectivity index (χ0) is 14.9. The van der Waals surface area contributed by atoms with Crippen LogP contribution in [0.25, 0.3) is 10.9 Å². The van der Waals surface area contributed by atoms with E-state index in [1.54, 1.807) is 0 Å². The Balaban J connectivity index is 1.64. The van der Waals surface area contributed by atoms with Gasteiger partial charge in [0.1, 0.15) is 5.69 Å². The lowest BCUT2D eigenvalue weighted by molar-refractivity contribution is 0.0385. The highest BCUT2D eigenvalue weighted by molar-refractivity contribution is 5.95. The molecule has 2 atom stereocenters. The van der Waals surface area contributed by atoms with Gasteiger partial charge >= 0.3 is 0 Å². The van der Waals surface area contributed by atoms with Gasteiger partial charge in [-0.15, -0.1) is 0 Å². The Labute approximate surface area is 131 Å². The summed E-state index contributed by atoms with van der Waals surface area (Å²) in [5.41, 5.74) is 1.51. The highest BCUT2D eigenvalue weighted by Gasteiger charge is 2.36. The van der Waals surface area contributed by atoms with Gasteiger partial charge in [-0.3, -0.25) is 4.79 Å². The van der Waals surface area contributed by atoms with Crippen LogP contribution in [0.4, 0.5) is 0 Å². The fraction of sp³-hybridized carbons (Fsp3) is 0.474. The van der Waals surface area contributed by atoms with Crippen LogP contribution in [0.15, 0.2) is 36.4 Å². The van der Waals surface area contributed by atoms with Crippen LogP contribution >= 0.6 is 0 Å². The molecule has 1 saturated heterocycles. The zero-order valence-electron chi connectivity index (χ0n) is 12.9. The zero-order valence-corrected chi connectivity index (χ0v) is 12.9. The molecule has 2 fully saturated rings. The topological polar surface area (TPSA) is 33.2 Å². The highest BCUT2D eigenvalue weighted by Crippen LogP contribution is 2.35. The molecule has 22 heavy (non-hydrogen) atoms. The molecule has 1 amide bonds. The van der Waals surface area contributed by atoms with E-state index in [0.717, 1.165) is 23.9 Å². The summed E-state index contributed by atoms with van der Waals surface area (Å²) in [6, 6.07) is 12.3. The van der Waals surface area contributed by atoms with Crippen molar-refractivity contribution >= 4 is 16.8 Å². The van der Waals surface area contributed by atoms with Crippen LogP contribution in [0.2, 0.25) is 0 Å². The summed E-state index contributed by atoms with van der Waals surface area (Å²) in [7, 11) is 0. The molecular weight excluding hydrogens is 272 g/mol. The van der Waals surface area contributed by atoms with Crippen molar-refractivity contribution in [2.45, 2.75) is 44.6 Å². The molecule has 0 bridgehead atoms. The van der Waals surface area contributed by atoms with Gasteiger partial charge in [-0.1, -0.05) is 37.1 Å². The Morgan fingerprint density at radius 3 is 2.77 bits per heavy atom. The number of nitrogens with zero attached hydrogens (tertiary/aromatic N) is 2. The third kappa shape index (κ3) is 2.39. The predicted octanol–water partition coefficient (Wildman–Crippen LogP) is 4.03. The van der Waals surface area contributed by atoms with E-state index in [0.29, 0.717) is 17.7 Å². The smallest absolute Gasteiger partial charge is 0.272 e. The van der Waals surface area contributed by atoms with Gasteiger partial charge in [0.25, 0.3) is 5.91 Å². The molecule has 3 nitrogen and oxygen atoms in total. The second kappa shape index (κ2) is 5.71. The summed E-state index contributed by atoms with van der Waals surface area (Å²) in [6.45, 7) is 0.897. The monoisotopic (exact) mass is 294 g/mol. The number of piperidine rings is 1. The number of fused-ring (bicyclic) bond motifs is 2. The van der Waals surface area contributed by atoms with E-state index in [-0.39, 0.29) is 5.91 Å². The lowest BCUT2D eigenvalue weighted by atomic mass is 9.78. The van der Waals surface area contributed by atoms with Crippen molar-refractivity contribution in [2.24, 2.45) is 5.92 Å². The second-order valence-electron chi connectivity index (χ2n) is 6.64. The van der Waals surface area contributed by atoms with Gasteiger partial charge in [0.2, 0.25) is 0 Å². The molecule has 2 aromatic rings.